The largest absolute Gasteiger partial charge is 0.416 e. The summed E-state index contributed by atoms with van der Waals surface area (Å²) >= 11 is 0. The number of hydrogen-bond acceptors (Lipinski definition) is 3. The molecule has 3 N–H and O–H groups in total. The average molecular weight is 315 g/mol. The molecular weight excluding hydrogens is 303 g/mol. The maximum Gasteiger partial charge on any atom is 0.416 e. The van der Waals surface area contributed by atoms with E-state index >= 15 is 0 Å². The second kappa shape index (κ2) is 5.92. The van der Waals surface area contributed by atoms with Crippen molar-refractivity contribution >= 4 is 23.5 Å². The lowest BCUT2D eigenvalue weighted by atomic mass is 10.2. The van der Waals surface area contributed by atoms with E-state index in [1.807, 2.05) is 0 Å². The van der Waals surface area contributed by atoms with E-state index in [-0.39, 0.29) is 12.2 Å². The fourth-order valence-electron chi connectivity index (χ4n) is 1.65. The third-order valence-electron chi connectivity index (χ3n) is 2.68. The van der Waals surface area contributed by atoms with Crippen molar-refractivity contribution in [2.75, 3.05) is 11.9 Å². The molecule has 1 heterocycles. The molecule has 1 aromatic rings. The highest BCUT2D eigenvalue weighted by Gasteiger charge is 2.30. The molecular formula is C12H12F3N5O2. The van der Waals surface area contributed by atoms with Crippen LogP contribution < -0.4 is 16.2 Å². The molecule has 0 unspecified atom stereocenters. The quantitative estimate of drug-likeness (QED) is 0.781. The highest BCUT2D eigenvalue weighted by molar-refractivity contribution is 5.95. The summed E-state index contributed by atoms with van der Waals surface area (Å²) in [6.07, 6.45) is -4.44. The maximum atomic E-state index is 12.4. The normalized spacial score (nSPS) is 15.0. The van der Waals surface area contributed by atoms with Crippen molar-refractivity contribution in [3.63, 3.8) is 0 Å². The van der Waals surface area contributed by atoms with Crippen LogP contribution in [0, 0.1) is 0 Å². The van der Waals surface area contributed by atoms with Crippen LogP contribution in [0.4, 0.5) is 28.4 Å². The van der Waals surface area contributed by atoms with E-state index in [4.69, 9.17) is 0 Å². The molecule has 1 aliphatic heterocycles. The molecule has 118 valence electrons. The van der Waals surface area contributed by atoms with Crippen LogP contribution >= 0.6 is 0 Å². The van der Waals surface area contributed by atoms with Crippen molar-refractivity contribution in [3.05, 3.63) is 29.8 Å². The van der Waals surface area contributed by atoms with Gasteiger partial charge in [0.1, 0.15) is 0 Å². The Morgan fingerprint density at radius 2 is 1.95 bits per heavy atom. The first kappa shape index (κ1) is 15.6. The van der Waals surface area contributed by atoms with Gasteiger partial charge in [-0.2, -0.15) is 18.3 Å². The summed E-state index contributed by atoms with van der Waals surface area (Å²) < 4.78 is 37.2. The molecule has 1 aliphatic rings. The number of alkyl halides is 3. The number of hydrazine groups is 1. The monoisotopic (exact) mass is 315 g/mol. The molecule has 0 radical (unpaired) electrons. The molecule has 0 aliphatic carbocycles. The number of halogens is 3. The number of urea groups is 2. The number of benzene rings is 1. The third-order valence-corrected chi connectivity index (χ3v) is 2.68. The van der Waals surface area contributed by atoms with Crippen LogP contribution in [-0.2, 0) is 6.18 Å². The summed E-state index contributed by atoms with van der Waals surface area (Å²) in [4.78, 5) is 23.1. The minimum atomic E-state index is -4.44. The van der Waals surface area contributed by atoms with Crippen molar-refractivity contribution in [3.8, 4) is 0 Å². The van der Waals surface area contributed by atoms with Gasteiger partial charge in [0.05, 0.1) is 17.8 Å². The molecule has 0 aromatic heterocycles. The summed E-state index contributed by atoms with van der Waals surface area (Å²) in [6.45, 7) is 1.76. The molecule has 1 aromatic carbocycles. The first-order valence-electron chi connectivity index (χ1n) is 6.11. The van der Waals surface area contributed by atoms with Gasteiger partial charge in [-0.05, 0) is 31.2 Å². The fraction of sp³-hybridized carbons (Fsp3) is 0.250. The second-order valence-electron chi connectivity index (χ2n) is 4.49. The Morgan fingerprint density at radius 1 is 1.32 bits per heavy atom. The predicted octanol–water partition coefficient (Wildman–Crippen LogP) is 2.14. The van der Waals surface area contributed by atoms with Gasteiger partial charge in [-0.25, -0.2) is 25.4 Å². The Morgan fingerprint density at radius 3 is 2.55 bits per heavy atom. The van der Waals surface area contributed by atoms with Crippen molar-refractivity contribution in [2.24, 2.45) is 5.10 Å². The van der Waals surface area contributed by atoms with Gasteiger partial charge in [0.25, 0.3) is 0 Å². The molecule has 0 atom stereocenters. The smallest absolute Gasteiger partial charge is 0.307 e. The van der Waals surface area contributed by atoms with Crippen LogP contribution in [0.1, 0.15) is 12.5 Å². The van der Waals surface area contributed by atoms with Crippen molar-refractivity contribution in [1.82, 2.24) is 15.9 Å². The van der Waals surface area contributed by atoms with Crippen LogP contribution in [0.3, 0.4) is 0 Å². The zero-order chi connectivity index (χ0) is 16.3. The van der Waals surface area contributed by atoms with E-state index in [0.717, 1.165) is 29.3 Å². The predicted molar refractivity (Wildman–Crippen MR) is 71.9 cm³/mol. The van der Waals surface area contributed by atoms with Gasteiger partial charge in [0.15, 0.2) is 0 Å². The number of anilines is 1. The third kappa shape index (κ3) is 3.87. The lowest BCUT2D eigenvalue weighted by Gasteiger charge is -2.25. The average Bonchev–Trinajstić information content (AvgIpc) is 2.42. The van der Waals surface area contributed by atoms with Gasteiger partial charge in [0.2, 0.25) is 0 Å². The van der Waals surface area contributed by atoms with Gasteiger partial charge < -0.3 is 5.32 Å². The Labute approximate surface area is 123 Å². The van der Waals surface area contributed by atoms with Crippen molar-refractivity contribution < 1.29 is 22.8 Å². The first-order valence-corrected chi connectivity index (χ1v) is 6.11. The molecule has 22 heavy (non-hydrogen) atoms. The van der Waals surface area contributed by atoms with E-state index in [1.54, 1.807) is 6.92 Å². The molecule has 0 saturated heterocycles. The number of nitrogens with one attached hydrogen (secondary N) is 3. The number of hydrazone groups is 1. The van der Waals surface area contributed by atoms with Crippen LogP contribution in [0.2, 0.25) is 0 Å². The Bertz CT molecular complexity index is 612. The Hall–Kier alpha value is -2.78. The van der Waals surface area contributed by atoms with Gasteiger partial charge in [-0.15, -0.1) is 0 Å². The summed E-state index contributed by atoms with van der Waals surface area (Å²) in [7, 11) is 0. The van der Waals surface area contributed by atoms with Crippen LogP contribution in [0.15, 0.2) is 29.4 Å². The molecule has 0 bridgehead atoms. The Kier molecular flexibility index (Phi) is 4.20. The first-order chi connectivity index (χ1) is 10.3. The van der Waals surface area contributed by atoms with E-state index in [2.05, 4.69) is 21.3 Å². The topological polar surface area (TPSA) is 85.8 Å². The van der Waals surface area contributed by atoms with Crippen molar-refractivity contribution in [1.29, 1.82) is 0 Å². The highest BCUT2D eigenvalue weighted by atomic mass is 19.4. The molecule has 10 heteroatoms. The molecule has 2 rings (SSSR count). The van der Waals surface area contributed by atoms with Gasteiger partial charge >= 0.3 is 18.2 Å². The van der Waals surface area contributed by atoms with E-state index in [1.165, 1.54) is 0 Å². The number of nitrogens with zero attached hydrogens (tertiary/aromatic N) is 2. The van der Waals surface area contributed by atoms with E-state index < -0.39 is 23.8 Å². The zero-order valence-electron chi connectivity index (χ0n) is 11.4. The summed E-state index contributed by atoms with van der Waals surface area (Å²) in [5.41, 5.74) is 4.36. The van der Waals surface area contributed by atoms with E-state index in [0.29, 0.717) is 5.71 Å². The molecule has 4 amide bonds. The summed E-state index contributed by atoms with van der Waals surface area (Å²) in [5, 5.41) is 6.99. The zero-order valence-corrected chi connectivity index (χ0v) is 11.4. The second-order valence-corrected chi connectivity index (χ2v) is 4.49. The fourth-order valence-corrected chi connectivity index (χ4v) is 1.65. The number of amides is 4. The standard InChI is InChI=1S/C12H12F3N5O2/c1-7-6-20(11(22)18-17-7)19-10(21)16-9-4-2-8(3-5-9)12(13,14)15/h2-5H,6H2,1H3,(H,18,22)(H2,16,19,21). The SMILES string of the molecule is CC1=NNC(=O)N(NC(=O)Nc2ccc(C(F)(F)F)cc2)C1. The van der Waals surface area contributed by atoms with Gasteiger partial charge in [-0.3, -0.25) is 0 Å². The molecule has 0 saturated carbocycles. The molecule has 0 spiro atoms. The lowest BCUT2D eigenvalue weighted by Crippen LogP contribution is -2.55. The lowest BCUT2D eigenvalue weighted by molar-refractivity contribution is -0.137. The summed E-state index contributed by atoms with van der Waals surface area (Å²) in [6, 6.07) is 2.55. The Balaban J connectivity index is 1.95. The van der Waals surface area contributed by atoms with Gasteiger partial charge in [-0.1, -0.05) is 0 Å². The maximum absolute atomic E-state index is 12.4. The molecule has 7 nitrogen and oxygen atoms in total. The minimum absolute atomic E-state index is 0.103. The highest BCUT2D eigenvalue weighted by Crippen LogP contribution is 2.29. The van der Waals surface area contributed by atoms with Crippen LogP contribution in [0.5, 0.6) is 0 Å². The van der Waals surface area contributed by atoms with Crippen LogP contribution in [0.25, 0.3) is 0 Å². The number of hydrogen-bond donors (Lipinski definition) is 3. The van der Waals surface area contributed by atoms with Gasteiger partial charge in [0, 0.05) is 5.69 Å². The number of rotatable bonds is 2. The van der Waals surface area contributed by atoms with Crippen molar-refractivity contribution in [2.45, 2.75) is 13.1 Å². The summed E-state index contributed by atoms with van der Waals surface area (Å²) in [5.74, 6) is 0. The minimum Gasteiger partial charge on any atom is -0.307 e. The van der Waals surface area contributed by atoms with E-state index in [9.17, 15) is 22.8 Å². The van der Waals surface area contributed by atoms with Crippen LogP contribution in [-0.4, -0.2) is 29.3 Å². The number of carbonyl (C=O) groups is 2. The molecule has 0 fully saturated rings. The number of carbonyl (C=O) groups excluding carboxylic acids is 2.